The van der Waals surface area contributed by atoms with Crippen LogP contribution in [0.2, 0.25) is 0 Å². The molecule has 84 valence electrons. The van der Waals surface area contributed by atoms with E-state index in [1.165, 1.54) is 11.3 Å². The van der Waals surface area contributed by atoms with Crippen molar-refractivity contribution in [1.82, 2.24) is 10.3 Å². The molecule has 4 nitrogen and oxygen atoms in total. The number of nitrogens with one attached hydrogen (secondary N) is 1. The normalized spacial score (nSPS) is 11.5. The lowest BCUT2D eigenvalue weighted by atomic mass is 9.98. The number of thiazole rings is 1. The summed E-state index contributed by atoms with van der Waals surface area (Å²) < 4.78 is 0. The van der Waals surface area contributed by atoms with Crippen LogP contribution in [0.5, 0.6) is 0 Å². The van der Waals surface area contributed by atoms with Gasteiger partial charge in [-0.25, -0.2) is 4.98 Å². The van der Waals surface area contributed by atoms with Crippen molar-refractivity contribution in [2.45, 2.75) is 26.2 Å². The van der Waals surface area contributed by atoms with Gasteiger partial charge in [0.1, 0.15) is 4.88 Å². The molecule has 15 heavy (non-hydrogen) atoms. The van der Waals surface area contributed by atoms with Gasteiger partial charge >= 0.3 is 0 Å². The molecule has 1 rings (SSSR count). The molecule has 1 amide bonds. The number of amides is 1. The van der Waals surface area contributed by atoms with Gasteiger partial charge in [0.15, 0.2) is 0 Å². The quantitative estimate of drug-likeness (QED) is 0.816. The smallest absolute Gasteiger partial charge is 0.263 e. The fourth-order valence-electron chi connectivity index (χ4n) is 0.982. The van der Waals surface area contributed by atoms with E-state index in [-0.39, 0.29) is 24.5 Å². The number of aliphatic hydroxyl groups excluding tert-OH is 1. The zero-order chi connectivity index (χ0) is 11.5. The Balaban J connectivity index is 2.72. The van der Waals surface area contributed by atoms with Crippen LogP contribution in [0.1, 0.15) is 35.5 Å². The van der Waals surface area contributed by atoms with E-state index in [0.29, 0.717) is 4.88 Å². The Hall–Kier alpha value is -0.940. The zero-order valence-electron chi connectivity index (χ0n) is 9.20. The number of hydrogen-bond donors (Lipinski definition) is 2. The first-order valence-corrected chi connectivity index (χ1v) is 5.62. The summed E-state index contributed by atoms with van der Waals surface area (Å²) in [6, 6.07) is 0. The van der Waals surface area contributed by atoms with Gasteiger partial charge in [-0.1, -0.05) is 20.8 Å². The second-order valence-corrected chi connectivity index (χ2v) is 5.29. The van der Waals surface area contributed by atoms with Crippen LogP contribution in [0.15, 0.2) is 6.20 Å². The molecule has 0 spiro atoms. The van der Waals surface area contributed by atoms with Crippen molar-refractivity contribution in [3.05, 3.63) is 16.1 Å². The maximum Gasteiger partial charge on any atom is 0.263 e. The molecule has 0 bridgehead atoms. The van der Waals surface area contributed by atoms with Gasteiger partial charge in [-0.05, 0) is 0 Å². The second-order valence-electron chi connectivity index (χ2n) is 4.26. The van der Waals surface area contributed by atoms with Gasteiger partial charge in [0.05, 0.1) is 17.8 Å². The molecular formula is C10H16N2O2S. The lowest BCUT2D eigenvalue weighted by Crippen LogP contribution is -2.25. The van der Waals surface area contributed by atoms with Gasteiger partial charge in [0.25, 0.3) is 5.91 Å². The van der Waals surface area contributed by atoms with Gasteiger partial charge in [0, 0.05) is 12.0 Å². The fraction of sp³-hybridized carbons (Fsp3) is 0.600. The molecule has 0 saturated heterocycles. The predicted octanol–water partition coefficient (Wildman–Crippen LogP) is 1.16. The molecule has 0 fully saturated rings. The van der Waals surface area contributed by atoms with Crippen LogP contribution in [-0.2, 0) is 5.41 Å². The largest absolute Gasteiger partial charge is 0.395 e. The van der Waals surface area contributed by atoms with Crippen LogP contribution in [0.25, 0.3) is 0 Å². The maximum absolute atomic E-state index is 11.5. The standard InChI is InChI=1S/C10H16N2O2S/c1-10(2,3)9-12-6-7(15-9)8(14)11-4-5-13/h6,13H,4-5H2,1-3H3,(H,11,14). The van der Waals surface area contributed by atoms with Crippen LogP contribution in [0, 0.1) is 0 Å². The van der Waals surface area contributed by atoms with Crippen molar-refractivity contribution < 1.29 is 9.90 Å². The molecule has 0 aliphatic rings. The summed E-state index contributed by atoms with van der Waals surface area (Å²) in [5, 5.41) is 12.1. The van der Waals surface area contributed by atoms with Gasteiger partial charge in [0.2, 0.25) is 0 Å². The first-order valence-electron chi connectivity index (χ1n) is 4.80. The van der Waals surface area contributed by atoms with Crippen LogP contribution in [0.3, 0.4) is 0 Å². The van der Waals surface area contributed by atoms with Crippen LogP contribution in [0.4, 0.5) is 0 Å². The van der Waals surface area contributed by atoms with Crippen LogP contribution < -0.4 is 5.32 Å². The number of nitrogens with zero attached hydrogens (tertiary/aromatic N) is 1. The summed E-state index contributed by atoms with van der Waals surface area (Å²) in [5.74, 6) is -0.169. The van der Waals surface area contributed by atoms with E-state index in [9.17, 15) is 4.79 Å². The topological polar surface area (TPSA) is 62.2 Å². The summed E-state index contributed by atoms with van der Waals surface area (Å²) in [7, 11) is 0. The van der Waals surface area contributed by atoms with Crippen LogP contribution >= 0.6 is 11.3 Å². The van der Waals surface area contributed by atoms with Gasteiger partial charge in [-0.3, -0.25) is 4.79 Å². The highest BCUT2D eigenvalue weighted by molar-refractivity contribution is 7.13. The third-order valence-corrected chi connectivity index (χ3v) is 3.19. The highest BCUT2D eigenvalue weighted by atomic mass is 32.1. The fourth-order valence-corrected chi connectivity index (χ4v) is 1.87. The molecule has 0 unspecified atom stereocenters. The Morgan fingerprint density at radius 2 is 2.27 bits per heavy atom. The number of carbonyl (C=O) groups excluding carboxylic acids is 1. The average Bonchev–Trinajstić information content (AvgIpc) is 2.62. The third kappa shape index (κ3) is 3.28. The van der Waals surface area contributed by atoms with E-state index >= 15 is 0 Å². The maximum atomic E-state index is 11.5. The summed E-state index contributed by atoms with van der Waals surface area (Å²) in [5.41, 5.74) is -0.0276. The van der Waals surface area contributed by atoms with E-state index in [1.54, 1.807) is 6.20 Å². The van der Waals surface area contributed by atoms with Gasteiger partial charge in [-0.15, -0.1) is 11.3 Å². The number of rotatable bonds is 3. The first-order chi connectivity index (χ1) is 6.95. The minimum atomic E-state index is -0.169. The molecule has 0 radical (unpaired) electrons. The lowest BCUT2D eigenvalue weighted by molar-refractivity contribution is 0.0948. The zero-order valence-corrected chi connectivity index (χ0v) is 10.0. The van der Waals surface area contributed by atoms with Crippen molar-refractivity contribution in [2.24, 2.45) is 0 Å². The molecule has 0 aliphatic carbocycles. The van der Waals surface area contributed by atoms with Crippen molar-refractivity contribution in [3.8, 4) is 0 Å². The van der Waals surface area contributed by atoms with Gasteiger partial charge in [-0.2, -0.15) is 0 Å². The molecule has 2 N–H and O–H groups in total. The van der Waals surface area contributed by atoms with E-state index in [2.05, 4.69) is 31.1 Å². The highest BCUT2D eigenvalue weighted by Gasteiger charge is 2.19. The minimum absolute atomic E-state index is 0.0276. The van der Waals surface area contributed by atoms with Crippen molar-refractivity contribution >= 4 is 17.2 Å². The summed E-state index contributed by atoms with van der Waals surface area (Å²) in [6.07, 6.45) is 1.58. The van der Waals surface area contributed by atoms with Crippen molar-refractivity contribution in [1.29, 1.82) is 0 Å². The minimum Gasteiger partial charge on any atom is -0.395 e. The molecule has 0 aliphatic heterocycles. The van der Waals surface area contributed by atoms with Crippen LogP contribution in [-0.4, -0.2) is 29.1 Å². The van der Waals surface area contributed by atoms with Gasteiger partial charge < -0.3 is 10.4 Å². The van der Waals surface area contributed by atoms with E-state index in [4.69, 9.17) is 5.11 Å². The molecule has 0 saturated carbocycles. The van der Waals surface area contributed by atoms with Crippen molar-refractivity contribution in [3.63, 3.8) is 0 Å². The molecule has 0 atom stereocenters. The number of aromatic nitrogens is 1. The second kappa shape index (κ2) is 4.72. The summed E-state index contributed by atoms with van der Waals surface area (Å²) in [4.78, 5) is 16.3. The van der Waals surface area contributed by atoms with E-state index in [1.807, 2.05) is 0 Å². The number of carbonyl (C=O) groups is 1. The molecule has 0 aromatic carbocycles. The molecule has 5 heteroatoms. The summed E-state index contributed by atoms with van der Waals surface area (Å²) >= 11 is 1.39. The molecule has 1 heterocycles. The Bertz CT molecular complexity index is 341. The summed E-state index contributed by atoms with van der Waals surface area (Å²) in [6.45, 7) is 6.40. The van der Waals surface area contributed by atoms with E-state index < -0.39 is 0 Å². The lowest BCUT2D eigenvalue weighted by Gasteiger charge is -2.13. The highest BCUT2D eigenvalue weighted by Crippen LogP contribution is 2.26. The van der Waals surface area contributed by atoms with Crippen molar-refractivity contribution in [2.75, 3.05) is 13.2 Å². The van der Waals surface area contributed by atoms with E-state index in [0.717, 1.165) is 5.01 Å². The SMILES string of the molecule is CC(C)(C)c1ncc(C(=O)NCCO)s1. The molecule has 1 aromatic heterocycles. The molecular weight excluding hydrogens is 212 g/mol. The third-order valence-electron chi connectivity index (χ3n) is 1.77. The number of aliphatic hydroxyl groups is 1. The first kappa shape index (κ1) is 12.1. The molecule has 1 aromatic rings. The Kier molecular flexibility index (Phi) is 3.82. The Morgan fingerprint density at radius 1 is 1.60 bits per heavy atom. The predicted molar refractivity (Wildman–Crippen MR) is 60.2 cm³/mol. The number of hydrogen-bond acceptors (Lipinski definition) is 4. The Labute approximate surface area is 93.4 Å². The average molecular weight is 228 g/mol. The monoisotopic (exact) mass is 228 g/mol. The Morgan fingerprint density at radius 3 is 2.73 bits per heavy atom.